The van der Waals surface area contributed by atoms with E-state index in [-0.39, 0.29) is 12.5 Å². The summed E-state index contributed by atoms with van der Waals surface area (Å²) in [5.74, 6) is 0.157. The predicted octanol–water partition coefficient (Wildman–Crippen LogP) is 1.39. The SMILES string of the molecule is O=C(Cn1nnc(-c2ccccc2)n1)NN=Cc1ccc(N2CCOCC2)s1. The van der Waals surface area contributed by atoms with Crippen LogP contribution in [-0.2, 0) is 16.1 Å². The first kappa shape index (κ1) is 18.3. The van der Waals surface area contributed by atoms with E-state index < -0.39 is 0 Å². The lowest BCUT2D eigenvalue weighted by molar-refractivity contribution is -0.122. The van der Waals surface area contributed by atoms with Crippen LogP contribution in [0, 0.1) is 0 Å². The van der Waals surface area contributed by atoms with Gasteiger partial charge in [-0.05, 0) is 17.3 Å². The van der Waals surface area contributed by atoms with E-state index in [4.69, 9.17) is 4.74 Å². The monoisotopic (exact) mass is 397 g/mol. The van der Waals surface area contributed by atoms with E-state index in [1.165, 1.54) is 9.80 Å². The molecule has 1 N–H and O–H groups in total. The van der Waals surface area contributed by atoms with E-state index in [1.54, 1.807) is 17.6 Å². The summed E-state index contributed by atoms with van der Waals surface area (Å²) in [6.07, 6.45) is 1.64. The fourth-order valence-corrected chi connectivity index (χ4v) is 3.64. The van der Waals surface area contributed by atoms with Crippen molar-refractivity contribution in [2.24, 2.45) is 5.10 Å². The van der Waals surface area contributed by atoms with E-state index in [9.17, 15) is 4.79 Å². The Morgan fingerprint density at radius 3 is 2.86 bits per heavy atom. The van der Waals surface area contributed by atoms with Crippen molar-refractivity contribution >= 4 is 28.5 Å². The molecule has 4 rings (SSSR count). The number of carbonyl (C=O) groups is 1. The van der Waals surface area contributed by atoms with Crippen LogP contribution >= 0.6 is 11.3 Å². The lowest BCUT2D eigenvalue weighted by atomic mass is 10.2. The number of morpholine rings is 1. The van der Waals surface area contributed by atoms with E-state index in [0.717, 1.165) is 36.7 Å². The van der Waals surface area contributed by atoms with Gasteiger partial charge < -0.3 is 9.64 Å². The van der Waals surface area contributed by atoms with Gasteiger partial charge in [0.1, 0.15) is 6.54 Å². The molecular formula is C18H19N7O2S. The summed E-state index contributed by atoms with van der Waals surface area (Å²) in [4.78, 5) is 16.5. The van der Waals surface area contributed by atoms with Gasteiger partial charge in [0.2, 0.25) is 5.82 Å². The highest BCUT2D eigenvalue weighted by Gasteiger charge is 2.13. The van der Waals surface area contributed by atoms with Crippen molar-refractivity contribution in [3.05, 3.63) is 47.3 Å². The van der Waals surface area contributed by atoms with Crippen molar-refractivity contribution in [3.63, 3.8) is 0 Å². The Hall–Kier alpha value is -3.11. The molecule has 0 saturated carbocycles. The number of ether oxygens (including phenoxy) is 1. The van der Waals surface area contributed by atoms with Crippen LogP contribution in [0.5, 0.6) is 0 Å². The molecule has 1 amide bonds. The second kappa shape index (κ2) is 8.72. The quantitative estimate of drug-likeness (QED) is 0.499. The van der Waals surface area contributed by atoms with Crippen LogP contribution in [0.15, 0.2) is 47.6 Å². The molecule has 1 saturated heterocycles. The molecule has 1 aliphatic heterocycles. The summed E-state index contributed by atoms with van der Waals surface area (Å²) in [5.41, 5.74) is 3.34. The third kappa shape index (κ3) is 4.59. The average molecular weight is 397 g/mol. The molecule has 9 nitrogen and oxygen atoms in total. The molecule has 3 aromatic rings. The maximum Gasteiger partial charge on any atom is 0.263 e. The van der Waals surface area contributed by atoms with Gasteiger partial charge >= 0.3 is 0 Å². The number of thiophene rings is 1. The second-order valence-corrected chi connectivity index (χ2v) is 7.17. The molecule has 0 unspecified atom stereocenters. The number of rotatable bonds is 6. The molecule has 0 spiro atoms. The predicted molar refractivity (Wildman–Crippen MR) is 106 cm³/mol. The third-order valence-electron chi connectivity index (χ3n) is 4.09. The molecule has 1 aliphatic rings. The summed E-state index contributed by atoms with van der Waals surface area (Å²) in [6, 6.07) is 13.5. The number of hydrogen-bond acceptors (Lipinski definition) is 8. The highest BCUT2D eigenvalue weighted by atomic mass is 32.1. The molecule has 0 atom stereocenters. The van der Waals surface area contributed by atoms with E-state index >= 15 is 0 Å². The van der Waals surface area contributed by atoms with Crippen molar-refractivity contribution < 1.29 is 9.53 Å². The van der Waals surface area contributed by atoms with Crippen LogP contribution < -0.4 is 10.3 Å². The number of carbonyl (C=O) groups excluding carboxylic acids is 1. The van der Waals surface area contributed by atoms with Crippen molar-refractivity contribution in [2.45, 2.75) is 6.54 Å². The van der Waals surface area contributed by atoms with Crippen LogP contribution in [0.3, 0.4) is 0 Å². The van der Waals surface area contributed by atoms with Crippen molar-refractivity contribution in [1.29, 1.82) is 0 Å². The van der Waals surface area contributed by atoms with E-state index in [0.29, 0.717) is 5.82 Å². The Kier molecular flexibility index (Phi) is 5.69. The standard InChI is InChI=1S/C18H19N7O2S/c26-16(13-25-22-18(21-23-25)14-4-2-1-3-5-14)20-19-12-15-6-7-17(28-15)24-8-10-27-11-9-24/h1-7,12H,8-11,13H2,(H,20,26). The van der Waals surface area contributed by atoms with Gasteiger partial charge in [-0.15, -0.1) is 21.5 Å². The number of amides is 1. The number of nitrogens with one attached hydrogen (secondary N) is 1. The summed E-state index contributed by atoms with van der Waals surface area (Å²) in [6.45, 7) is 3.23. The molecule has 0 bridgehead atoms. The second-order valence-electron chi connectivity index (χ2n) is 6.08. The van der Waals surface area contributed by atoms with E-state index in [1.807, 2.05) is 36.4 Å². The molecule has 1 fully saturated rings. The smallest absolute Gasteiger partial charge is 0.263 e. The van der Waals surface area contributed by atoms with Gasteiger partial charge in [0, 0.05) is 23.5 Å². The normalized spacial score (nSPS) is 14.5. The van der Waals surface area contributed by atoms with Crippen LogP contribution in [0.2, 0.25) is 0 Å². The number of nitrogens with zero attached hydrogens (tertiary/aromatic N) is 6. The van der Waals surface area contributed by atoms with Crippen LogP contribution in [0.1, 0.15) is 4.88 Å². The zero-order valence-electron chi connectivity index (χ0n) is 15.1. The topological polar surface area (TPSA) is 97.5 Å². The van der Waals surface area contributed by atoms with Gasteiger partial charge in [-0.25, -0.2) is 5.43 Å². The zero-order valence-corrected chi connectivity index (χ0v) is 15.9. The first-order valence-electron chi connectivity index (χ1n) is 8.85. The largest absolute Gasteiger partial charge is 0.378 e. The van der Waals surface area contributed by atoms with Crippen LogP contribution in [-0.4, -0.2) is 58.6 Å². The van der Waals surface area contributed by atoms with Crippen molar-refractivity contribution in [2.75, 3.05) is 31.2 Å². The molecule has 3 heterocycles. The summed E-state index contributed by atoms with van der Waals surface area (Å²) < 4.78 is 5.37. The maximum atomic E-state index is 12.0. The third-order valence-corrected chi connectivity index (χ3v) is 5.17. The fraction of sp³-hybridized carbons (Fsp3) is 0.278. The number of tetrazole rings is 1. The van der Waals surface area contributed by atoms with Gasteiger partial charge in [-0.2, -0.15) is 9.90 Å². The van der Waals surface area contributed by atoms with Gasteiger partial charge in [-0.1, -0.05) is 30.3 Å². The van der Waals surface area contributed by atoms with Crippen molar-refractivity contribution in [3.8, 4) is 11.4 Å². The molecule has 10 heteroatoms. The highest BCUT2D eigenvalue weighted by Crippen LogP contribution is 2.25. The van der Waals surface area contributed by atoms with E-state index in [2.05, 4.69) is 36.9 Å². The van der Waals surface area contributed by atoms with Crippen molar-refractivity contribution in [1.82, 2.24) is 25.6 Å². The number of hydrogen-bond donors (Lipinski definition) is 1. The number of aromatic nitrogens is 4. The average Bonchev–Trinajstić information content (AvgIpc) is 3.39. The Morgan fingerprint density at radius 1 is 1.21 bits per heavy atom. The zero-order chi connectivity index (χ0) is 19.2. The van der Waals surface area contributed by atoms with Gasteiger partial charge in [0.05, 0.1) is 24.4 Å². The summed E-state index contributed by atoms with van der Waals surface area (Å²) in [5, 5.41) is 17.3. The lowest BCUT2D eigenvalue weighted by Crippen LogP contribution is -2.35. The number of benzene rings is 1. The molecule has 1 aromatic carbocycles. The Labute approximate surface area is 165 Å². The minimum absolute atomic E-state index is 0.0549. The molecule has 2 aromatic heterocycles. The van der Waals surface area contributed by atoms with Crippen LogP contribution in [0.4, 0.5) is 5.00 Å². The Morgan fingerprint density at radius 2 is 2.04 bits per heavy atom. The Bertz CT molecular complexity index is 948. The minimum Gasteiger partial charge on any atom is -0.378 e. The summed E-state index contributed by atoms with van der Waals surface area (Å²) in [7, 11) is 0. The molecule has 0 radical (unpaired) electrons. The lowest BCUT2D eigenvalue weighted by Gasteiger charge is -2.27. The summed E-state index contributed by atoms with van der Waals surface area (Å²) >= 11 is 1.63. The van der Waals surface area contributed by atoms with Crippen LogP contribution in [0.25, 0.3) is 11.4 Å². The number of hydrazone groups is 1. The molecular weight excluding hydrogens is 378 g/mol. The number of anilines is 1. The van der Waals surface area contributed by atoms with Gasteiger partial charge in [-0.3, -0.25) is 4.79 Å². The van der Waals surface area contributed by atoms with Gasteiger partial charge in [0.25, 0.3) is 5.91 Å². The Balaban J connectivity index is 1.29. The first-order chi connectivity index (χ1) is 13.8. The minimum atomic E-state index is -0.321. The van der Waals surface area contributed by atoms with Gasteiger partial charge in [0.15, 0.2) is 0 Å². The highest BCUT2D eigenvalue weighted by molar-refractivity contribution is 7.17. The molecule has 144 valence electrons. The first-order valence-corrected chi connectivity index (χ1v) is 9.67. The molecule has 0 aliphatic carbocycles. The fourth-order valence-electron chi connectivity index (χ4n) is 2.71. The maximum absolute atomic E-state index is 12.0. The molecule has 28 heavy (non-hydrogen) atoms.